The molecule has 0 saturated heterocycles. The van der Waals surface area contributed by atoms with E-state index in [9.17, 15) is 0 Å². The largest absolute Gasteiger partial charge is 0.497 e. The molecule has 1 N–H and O–H groups in total. The lowest BCUT2D eigenvalue weighted by molar-refractivity contribution is 0.404. The molecule has 0 spiro atoms. The Bertz CT molecular complexity index is 483. The second kappa shape index (κ2) is 5.95. The summed E-state index contributed by atoms with van der Waals surface area (Å²) in [7, 11) is 3.30. The van der Waals surface area contributed by atoms with E-state index >= 15 is 0 Å². The van der Waals surface area contributed by atoms with Gasteiger partial charge in [-0.1, -0.05) is 0 Å². The number of rotatable bonds is 6. The monoisotopic (exact) mass is 247 g/mol. The van der Waals surface area contributed by atoms with Crippen LogP contribution in [-0.4, -0.2) is 30.5 Å². The summed E-state index contributed by atoms with van der Waals surface area (Å²) >= 11 is 0. The van der Waals surface area contributed by atoms with Gasteiger partial charge in [0.15, 0.2) is 0 Å². The highest BCUT2D eigenvalue weighted by molar-refractivity contribution is 5.59. The van der Waals surface area contributed by atoms with Crippen molar-refractivity contribution in [3.05, 3.63) is 36.7 Å². The Hall–Kier alpha value is -2.17. The number of hydrogen-bond donors (Lipinski definition) is 1. The summed E-state index contributed by atoms with van der Waals surface area (Å²) in [6, 6.07) is 7.58. The van der Waals surface area contributed by atoms with Gasteiger partial charge in [0.05, 0.1) is 26.5 Å². The Kier molecular flexibility index (Phi) is 4.06. The zero-order valence-electron chi connectivity index (χ0n) is 10.6. The van der Waals surface area contributed by atoms with E-state index in [0.29, 0.717) is 0 Å². The maximum Gasteiger partial charge on any atom is 0.142 e. The smallest absolute Gasteiger partial charge is 0.142 e. The van der Waals surface area contributed by atoms with Crippen molar-refractivity contribution in [2.75, 3.05) is 26.1 Å². The van der Waals surface area contributed by atoms with Gasteiger partial charge in [0, 0.05) is 25.0 Å². The molecule has 18 heavy (non-hydrogen) atoms. The minimum absolute atomic E-state index is 0.769. The second-order valence-electron chi connectivity index (χ2n) is 3.76. The molecule has 2 rings (SSSR count). The summed E-state index contributed by atoms with van der Waals surface area (Å²) in [6.07, 6.45) is 3.70. The van der Waals surface area contributed by atoms with Crippen molar-refractivity contribution in [1.29, 1.82) is 0 Å². The third-order valence-corrected chi connectivity index (χ3v) is 2.62. The summed E-state index contributed by atoms with van der Waals surface area (Å²) in [5, 5.41) is 7.46. The fourth-order valence-electron chi connectivity index (χ4n) is 1.69. The van der Waals surface area contributed by atoms with Crippen LogP contribution in [0, 0.1) is 0 Å². The number of methoxy groups -OCH3 is 2. The molecule has 0 aliphatic heterocycles. The molecule has 0 fully saturated rings. The number of benzene rings is 1. The molecular weight excluding hydrogens is 230 g/mol. The van der Waals surface area contributed by atoms with E-state index in [0.717, 1.165) is 30.3 Å². The van der Waals surface area contributed by atoms with Gasteiger partial charge in [0.25, 0.3) is 0 Å². The molecule has 5 heteroatoms. The van der Waals surface area contributed by atoms with E-state index in [1.165, 1.54) is 0 Å². The lowest BCUT2D eigenvalue weighted by Gasteiger charge is -2.12. The molecule has 0 aliphatic rings. The summed E-state index contributed by atoms with van der Waals surface area (Å²) in [5.41, 5.74) is 0.920. The fraction of sp³-hybridized carbons (Fsp3) is 0.308. The Morgan fingerprint density at radius 1 is 1.28 bits per heavy atom. The van der Waals surface area contributed by atoms with Gasteiger partial charge in [-0.25, -0.2) is 0 Å². The first kappa shape index (κ1) is 12.3. The minimum Gasteiger partial charge on any atom is -0.497 e. The average Bonchev–Trinajstić information content (AvgIpc) is 2.92. The van der Waals surface area contributed by atoms with E-state index < -0.39 is 0 Å². The predicted molar refractivity (Wildman–Crippen MR) is 70.3 cm³/mol. The normalized spacial score (nSPS) is 10.1. The zero-order valence-corrected chi connectivity index (χ0v) is 10.6. The average molecular weight is 247 g/mol. The minimum atomic E-state index is 0.769. The third kappa shape index (κ3) is 2.94. The molecule has 0 bridgehead atoms. The number of hydrogen-bond acceptors (Lipinski definition) is 4. The van der Waals surface area contributed by atoms with Crippen molar-refractivity contribution in [2.45, 2.75) is 6.54 Å². The summed E-state index contributed by atoms with van der Waals surface area (Å²) in [5.74, 6) is 1.61. The molecule has 1 heterocycles. The first-order valence-electron chi connectivity index (χ1n) is 5.77. The molecule has 0 atom stereocenters. The van der Waals surface area contributed by atoms with Gasteiger partial charge in [-0.2, -0.15) is 5.10 Å². The van der Waals surface area contributed by atoms with Gasteiger partial charge < -0.3 is 14.8 Å². The Labute approximate surface area is 106 Å². The Balaban J connectivity index is 1.98. The van der Waals surface area contributed by atoms with Gasteiger partial charge in [0.1, 0.15) is 11.5 Å². The SMILES string of the molecule is COc1ccc(OC)c(NCCn2cccn2)c1. The highest BCUT2D eigenvalue weighted by Gasteiger charge is 2.04. The van der Waals surface area contributed by atoms with E-state index in [2.05, 4.69) is 10.4 Å². The number of anilines is 1. The lowest BCUT2D eigenvalue weighted by atomic mass is 10.2. The van der Waals surface area contributed by atoms with Crippen molar-refractivity contribution in [2.24, 2.45) is 0 Å². The zero-order chi connectivity index (χ0) is 12.8. The van der Waals surface area contributed by atoms with Gasteiger partial charge >= 0.3 is 0 Å². The molecule has 1 aromatic carbocycles. The van der Waals surface area contributed by atoms with Crippen LogP contribution < -0.4 is 14.8 Å². The first-order valence-corrected chi connectivity index (χ1v) is 5.77. The van der Waals surface area contributed by atoms with Gasteiger partial charge in [0.2, 0.25) is 0 Å². The number of nitrogens with zero attached hydrogens (tertiary/aromatic N) is 2. The number of aromatic nitrogens is 2. The van der Waals surface area contributed by atoms with Crippen LogP contribution in [0.25, 0.3) is 0 Å². The molecule has 96 valence electrons. The highest BCUT2D eigenvalue weighted by Crippen LogP contribution is 2.28. The first-order chi connectivity index (χ1) is 8.83. The molecular formula is C13H17N3O2. The molecule has 1 aromatic heterocycles. The molecule has 0 saturated carbocycles. The summed E-state index contributed by atoms with van der Waals surface area (Å²) in [6.45, 7) is 1.57. The van der Waals surface area contributed by atoms with Gasteiger partial charge in [-0.15, -0.1) is 0 Å². The van der Waals surface area contributed by atoms with Crippen molar-refractivity contribution >= 4 is 5.69 Å². The quantitative estimate of drug-likeness (QED) is 0.848. The van der Waals surface area contributed by atoms with E-state index in [1.807, 2.05) is 35.1 Å². The Morgan fingerprint density at radius 2 is 2.17 bits per heavy atom. The predicted octanol–water partition coefficient (Wildman–Crippen LogP) is 2.01. The number of nitrogens with one attached hydrogen (secondary N) is 1. The van der Waals surface area contributed by atoms with Gasteiger partial charge in [-0.3, -0.25) is 4.68 Å². The van der Waals surface area contributed by atoms with Crippen LogP contribution in [0.2, 0.25) is 0 Å². The van der Waals surface area contributed by atoms with Crippen LogP contribution in [0.3, 0.4) is 0 Å². The van der Waals surface area contributed by atoms with Crippen molar-refractivity contribution in [1.82, 2.24) is 9.78 Å². The molecule has 5 nitrogen and oxygen atoms in total. The van der Waals surface area contributed by atoms with E-state index in [-0.39, 0.29) is 0 Å². The summed E-state index contributed by atoms with van der Waals surface area (Å²) in [4.78, 5) is 0. The third-order valence-electron chi connectivity index (χ3n) is 2.62. The molecule has 0 radical (unpaired) electrons. The molecule has 0 aliphatic carbocycles. The molecule has 0 amide bonds. The second-order valence-corrected chi connectivity index (χ2v) is 3.76. The molecule has 0 unspecified atom stereocenters. The van der Waals surface area contributed by atoms with E-state index in [4.69, 9.17) is 9.47 Å². The number of ether oxygens (including phenoxy) is 2. The Morgan fingerprint density at radius 3 is 2.83 bits per heavy atom. The van der Waals surface area contributed by atoms with Crippen LogP contribution in [0.15, 0.2) is 36.7 Å². The molecule has 2 aromatic rings. The van der Waals surface area contributed by atoms with Crippen LogP contribution in [0.1, 0.15) is 0 Å². The topological polar surface area (TPSA) is 48.3 Å². The van der Waals surface area contributed by atoms with Crippen molar-refractivity contribution in [3.63, 3.8) is 0 Å². The van der Waals surface area contributed by atoms with E-state index in [1.54, 1.807) is 20.4 Å². The van der Waals surface area contributed by atoms with Crippen molar-refractivity contribution in [3.8, 4) is 11.5 Å². The van der Waals surface area contributed by atoms with Crippen LogP contribution in [0.5, 0.6) is 11.5 Å². The summed E-state index contributed by atoms with van der Waals surface area (Å²) < 4.78 is 12.4. The van der Waals surface area contributed by atoms with Crippen molar-refractivity contribution < 1.29 is 9.47 Å². The van der Waals surface area contributed by atoms with Crippen LogP contribution >= 0.6 is 0 Å². The standard InChI is InChI=1S/C13H17N3O2/c1-17-11-4-5-13(18-2)12(10-11)14-7-9-16-8-3-6-15-16/h3-6,8,10,14H,7,9H2,1-2H3. The maximum absolute atomic E-state index is 5.29. The lowest BCUT2D eigenvalue weighted by Crippen LogP contribution is -2.11. The van der Waals surface area contributed by atoms with Crippen LogP contribution in [-0.2, 0) is 6.54 Å². The fourth-order valence-corrected chi connectivity index (χ4v) is 1.69. The maximum atomic E-state index is 5.29. The highest BCUT2D eigenvalue weighted by atomic mass is 16.5. The van der Waals surface area contributed by atoms with Gasteiger partial charge in [-0.05, 0) is 18.2 Å². The van der Waals surface area contributed by atoms with Crippen LogP contribution in [0.4, 0.5) is 5.69 Å².